The van der Waals surface area contributed by atoms with Crippen molar-refractivity contribution in [2.24, 2.45) is 11.7 Å². The van der Waals surface area contributed by atoms with Crippen LogP contribution in [0.2, 0.25) is 0 Å². The van der Waals surface area contributed by atoms with Gasteiger partial charge < -0.3 is 15.4 Å². The Morgan fingerprint density at radius 3 is 2.44 bits per heavy atom. The Hall–Kier alpha value is -0.120. The van der Waals surface area contributed by atoms with Crippen LogP contribution in [-0.4, -0.2) is 42.8 Å². The number of nitrogens with two attached hydrogens (primary N) is 1. The van der Waals surface area contributed by atoms with Crippen molar-refractivity contribution in [1.29, 1.82) is 0 Å². The Kier molecular flexibility index (Phi) is 3.88. The highest BCUT2D eigenvalue weighted by atomic mass is 16.5. The molecule has 1 unspecified atom stereocenters. The van der Waals surface area contributed by atoms with Crippen LogP contribution in [0.3, 0.4) is 0 Å². The van der Waals surface area contributed by atoms with E-state index in [-0.39, 0.29) is 5.54 Å². The molecular formula is C13H26N2O. The van der Waals surface area contributed by atoms with Crippen molar-refractivity contribution in [3.05, 3.63) is 0 Å². The quantitative estimate of drug-likeness (QED) is 0.794. The second kappa shape index (κ2) is 5.03. The minimum Gasteiger partial charge on any atom is -0.378 e. The largest absolute Gasteiger partial charge is 0.378 e. The molecule has 94 valence electrons. The van der Waals surface area contributed by atoms with Crippen molar-refractivity contribution in [1.82, 2.24) is 4.90 Å². The van der Waals surface area contributed by atoms with Crippen LogP contribution in [0, 0.1) is 5.92 Å². The van der Waals surface area contributed by atoms with E-state index < -0.39 is 0 Å². The van der Waals surface area contributed by atoms with Gasteiger partial charge in [-0.2, -0.15) is 0 Å². The molecular weight excluding hydrogens is 200 g/mol. The first kappa shape index (κ1) is 12.3. The smallest absolute Gasteiger partial charge is 0.0605 e. The molecule has 2 rings (SSSR count). The Labute approximate surface area is 99.3 Å². The lowest BCUT2D eigenvalue weighted by atomic mass is 9.89. The minimum atomic E-state index is -0.0588. The van der Waals surface area contributed by atoms with Crippen molar-refractivity contribution in [3.8, 4) is 0 Å². The van der Waals surface area contributed by atoms with E-state index in [1.165, 1.54) is 38.8 Å². The molecule has 3 nitrogen and oxygen atoms in total. The van der Waals surface area contributed by atoms with Crippen molar-refractivity contribution >= 4 is 0 Å². The van der Waals surface area contributed by atoms with Gasteiger partial charge in [-0.15, -0.1) is 0 Å². The van der Waals surface area contributed by atoms with Gasteiger partial charge in [-0.05, 0) is 58.5 Å². The van der Waals surface area contributed by atoms with Crippen LogP contribution in [0.25, 0.3) is 0 Å². The number of hydrogen-bond donors (Lipinski definition) is 1. The third-order valence-electron chi connectivity index (χ3n) is 3.75. The molecule has 1 atom stereocenters. The molecule has 0 aromatic carbocycles. The van der Waals surface area contributed by atoms with Gasteiger partial charge in [0.2, 0.25) is 0 Å². The molecule has 2 heterocycles. The van der Waals surface area contributed by atoms with Crippen molar-refractivity contribution in [2.75, 3.05) is 26.2 Å². The summed E-state index contributed by atoms with van der Waals surface area (Å²) in [6.45, 7) is 8.63. The zero-order valence-electron chi connectivity index (χ0n) is 10.7. The molecule has 0 bridgehead atoms. The SMILES string of the molecule is CC(C)(N)CN1CCC(C2CCCO2)CC1. The van der Waals surface area contributed by atoms with Gasteiger partial charge in [-0.3, -0.25) is 0 Å². The van der Waals surface area contributed by atoms with E-state index >= 15 is 0 Å². The predicted molar refractivity (Wildman–Crippen MR) is 66.4 cm³/mol. The van der Waals surface area contributed by atoms with Gasteiger partial charge in [0.15, 0.2) is 0 Å². The van der Waals surface area contributed by atoms with Crippen molar-refractivity contribution in [3.63, 3.8) is 0 Å². The summed E-state index contributed by atoms with van der Waals surface area (Å²) in [6, 6.07) is 0. The molecule has 16 heavy (non-hydrogen) atoms. The number of piperidine rings is 1. The molecule has 2 aliphatic rings. The fourth-order valence-electron chi connectivity index (χ4n) is 3.03. The number of nitrogens with zero attached hydrogens (tertiary/aromatic N) is 1. The second-order valence-electron chi connectivity index (χ2n) is 6.15. The third-order valence-corrected chi connectivity index (χ3v) is 3.75. The molecule has 0 aromatic heterocycles. The molecule has 0 amide bonds. The van der Waals surface area contributed by atoms with Gasteiger partial charge in [0, 0.05) is 18.7 Å². The molecule has 0 aromatic rings. The van der Waals surface area contributed by atoms with Crippen LogP contribution >= 0.6 is 0 Å². The highest BCUT2D eigenvalue weighted by Crippen LogP contribution is 2.29. The summed E-state index contributed by atoms with van der Waals surface area (Å²) in [7, 11) is 0. The van der Waals surface area contributed by atoms with Crippen molar-refractivity contribution in [2.45, 2.75) is 51.2 Å². The number of ether oxygens (including phenoxy) is 1. The highest BCUT2D eigenvalue weighted by molar-refractivity contribution is 4.84. The average molecular weight is 226 g/mol. The molecule has 0 spiro atoms. The van der Waals surface area contributed by atoms with Crippen LogP contribution < -0.4 is 5.73 Å². The lowest BCUT2D eigenvalue weighted by Gasteiger charge is -2.37. The molecule has 0 radical (unpaired) electrons. The van der Waals surface area contributed by atoms with E-state index in [0.717, 1.165) is 19.1 Å². The molecule has 2 saturated heterocycles. The molecule has 3 heteroatoms. The minimum absolute atomic E-state index is 0.0588. The van der Waals surface area contributed by atoms with Crippen LogP contribution in [-0.2, 0) is 4.74 Å². The van der Waals surface area contributed by atoms with E-state index in [2.05, 4.69) is 18.7 Å². The number of rotatable bonds is 3. The Morgan fingerprint density at radius 1 is 1.25 bits per heavy atom. The summed E-state index contributed by atoms with van der Waals surface area (Å²) < 4.78 is 5.79. The summed E-state index contributed by atoms with van der Waals surface area (Å²) >= 11 is 0. The maximum Gasteiger partial charge on any atom is 0.0605 e. The van der Waals surface area contributed by atoms with Gasteiger partial charge in [0.25, 0.3) is 0 Å². The molecule has 0 aliphatic carbocycles. The normalized spacial score (nSPS) is 29.8. The maximum absolute atomic E-state index is 6.06. The van der Waals surface area contributed by atoms with Gasteiger partial charge in [0.05, 0.1) is 6.10 Å². The molecule has 2 N–H and O–H groups in total. The number of hydrogen-bond acceptors (Lipinski definition) is 3. The summed E-state index contributed by atoms with van der Waals surface area (Å²) in [5.74, 6) is 0.805. The summed E-state index contributed by atoms with van der Waals surface area (Å²) in [5, 5.41) is 0. The Balaban J connectivity index is 1.74. The van der Waals surface area contributed by atoms with E-state index in [9.17, 15) is 0 Å². The summed E-state index contributed by atoms with van der Waals surface area (Å²) in [5.41, 5.74) is 6.00. The standard InChI is InChI=1S/C13H26N2O/c1-13(2,14)10-15-7-5-11(6-8-15)12-4-3-9-16-12/h11-12H,3-10,14H2,1-2H3. The lowest BCUT2D eigenvalue weighted by molar-refractivity contribution is 0.0290. The summed E-state index contributed by atoms with van der Waals surface area (Å²) in [4.78, 5) is 2.51. The average Bonchev–Trinajstić information content (AvgIpc) is 2.69. The van der Waals surface area contributed by atoms with Crippen LogP contribution in [0.1, 0.15) is 39.5 Å². The first-order valence-corrected chi connectivity index (χ1v) is 6.67. The predicted octanol–water partition coefficient (Wildman–Crippen LogP) is 1.61. The fraction of sp³-hybridized carbons (Fsp3) is 1.00. The van der Waals surface area contributed by atoms with Gasteiger partial charge >= 0.3 is 0 Å². The lowest BCUT2D eigenvalue weighted by Crippen LogP contribution is -2.48. The van der Waals surface area contributed by atoms with Crippen molar-refractivity contribution < 1.29 is 4.74 Å². The monoisotopic (exact) mass is 226 g/mol. The van der Waals surface area contributed by atoms with E-state index in [1.54, 1.807) is 0 Å². The molecule has 2 fully saturated rings. The number of likely N-dealkylation sites (tertiary alicyclic amines) is 1. The maximum atomic E-state index is 6.06. The highest BCUT2D eigenvalue weighted by Gasteiger charge is 2.30. The van der Waals surface area contributed by atoms with E-state index in [0.29, 0.717) is 6.10 Å². The summed E-state index contributed by atoms with van der Waals surface area (Å²) in [6.07, 6.45) is 5.70. The zero-order valence-corrected chi connectivity index (χ0v) is 10.7. The van der Waals surface area contributed by atoms with Gasteiger partial charge in [0.1, 0.15) is 0 Å². The Morgan fingerprint density at radius 2 is 1.94 bits per heavy atom. The Bertz CT molecular complexity index is 210. The fourth-order valence-corrected chi connectivity index (χ4v) is 3.03. The first-order valence-electron chi connectivity index (χ1n) is 6.67. The first-order chi connectivity index (χ1) is 7.54. The third kappa shape index (κ3) is 3.44. The molecule has 2 aliphatic heterocycles. The zero-order chi connectivity index (χ0) is 11.6. The van der Waals surface area contributed by atoms with Crippen LogP contribution in [0.4, 0.5) is 0 Å². The topological polar surface area (TPSA) is 38.5 Å². The van der Waals surface area contributed by atoms with E-state index in [4.69, 9.17) is 10.5 Å². The van der Waals surface area contributed by atoms with Crippen LogP contribution in [0.5, 0.6) is 0 Å². The molecule has 0 saturated carbocycles. The van der Waals surface area contributed by atoms with Gasteiger partial charge in [-0.25, -0.2) is 0 Å². The second-order valence-corrected chi connectivity index (χ2v) is 6.15. The van der Waals surface area contributed by atoms with Gasteiger partial charge in [-0.1, -0.05) is 0 Å². The van der Waals surface area contributed by atoms with E-state index in [1.807, 2.05) is 0 Å². The van der Waals surface area contributed by atoms with Crippen LogP contribution in [0.15, 0.2) is 0 Å².